The number of para-hydroxylation sites is 2. The van der Waals surface area contributed by atoms with E-state index in [1.807, 2.05) is 24.3 Å². The van der Waals surface area contributed by atoms with Crippen LogP contribution in [0.15, 0.2) is 79.1 Å². The molecule has 1 aliphatic heterocycles. The SMILES string of the molecule is CC1C(=O)C(C)C(c2cccc(F)c2)N(C(=O)Cn2cnc3ccccc32)C1c1cccc(F)c1. The van der Waals surface area contributed by atoms with E-state index in [2.05, 4.69) is 4.98 Å². The van der Waals surface area contributed by atoms with Crippen molar-refractivity contribution in [3.05, 3.63) is 102 Å². The standard InChI is InChI=1S/C28H25F2N3O2/c1-17-26(19-7-5-9-21(29)13-19)33(25(34)15-32-16-31-23-11-3-4-12-24(23)32)27(18(2)28(17)35)20-8-6-10-22(30)14-20/h3-14,16-18,26-27H,15H2,1-2H3. The van der Waals surface area contributed by atoms with Crippen LogP contribution in [0.4, 0.5) is 8.78 Å². The fourth-order valence-corrected chi connectivity index (χ4v) is 5.33. The first kappa shape index (κ1) is 22.9. The predicted molar refractivity (Wildman–Crippen MR) is 128 cm³/mol. The maximum atomic E-state index is 14.3. The summed E-state index contributed by atoms with van der Waals surface area (Å²) in [6, 6.07) is 18.1. The molecule has 0 spiro atoms. The van der Waals surface area contributed by atoms with E-state index in [0.717, 1.165) is 11.0 Å². The van der Waals surface area contributed by atoms with Crippen molar-refractivity contribution in [1.82, 2.24) is 14.5 Å². The smallest absolute Gasteiger partial charge is 0.243 e. The van der Waals surface area contributed by atoms with Gasteiger partial charge < -0.3 is 9.47 Å². The average molecular weight is 474 g/mol. The number of carbonyl (C=O) groups excluding carboxylic acids is 2. The van der Waals surface area contributed by atoms with Gasteiger partial charge in [0.05, 0.1) is 29.4 Å². The molecule has 2 heterocycles. The molecule has 0 saturated carbocycles. The van der Waals surface area contributed by atoms with Crippen molar-refractivity contribution in [3.8, 4) is 0 Å². The first-order valence-corrected chi connectivity index (χ1v) is 11.6. The molecule has 5 nitrogen and oxygen atoms in total. The molecule has 1 saturated heterocycles. The number of hydrogen-bond donors (Lipinski definition) is 0. The number of fused-ring (bicyclic) bond motifs is 1. The van der Waals surface area contributed by atoms with E-state index in [1.165, 1.54) is 24.3 Å². The Morgan fingerprint density at radius 3 is 2.00 bits per heavy atom. The number of amides is 1. The van der Waals surface area contributed by atoms with Crippen molar-refractivity contribution >= 4 is 22.7 Å². The van der Waals surface area contributed by atoms with Crippen LogP contribution >= 0.6 is 0 Å². The Kier molecular flexibility index (Phi) is 5.93. The Morgan fingerprint density at radius 1 is 0.857 bits per heavy atom. The number of ketones is 1. The second-order valence-corrected chi connectivity index (χ2v) is 9.14. The predicted octanol–water partition coefficient (Wildman–Crippen LogP) is 5.48. The zero-order valence-electron chi connectivity index (χ0n) is 19.4. The molecule has 4 unspecified atom stereocenters. The fraction of sp³-hybridized carbons (Fsp3) is 0.250. The third kappa shape index (κ3) is 4.11. The summed E-state index contributed by atoms with van der Waals surface area (Å²) < 4.78 is 30.3. The van der Waals surface area contributed by atoms with Gasteiger partial charge in [0.25, 0.3) is 0 Å². The summed E-state index contributed by atoms with van der Waals surface area (Å²) in [6.07, 6.45) is 1.61. The summed E-state index contributed by atoms with van der Waals surface area (Å²) in [5, 5.41) is 0. The molecule has 3 aromatic carbocycles. The molecule has 0 aliphatic carbocycles. The van der Waals surface area contributed by atoms with Crippen molar-refractivity contribution in [2.45, 2.75) is 32.5 Å². The number of piperidine rings is 1. The molecule has 4 aromatic rings. The van der Waals surface area contributed by atoms with Crippen LogP contribution in [-0.2, 0) is 16.1 Å². The van der Waals surface area contributed by atoms with Gasteiger partial charge in [-0.15, -0.1) is 0 Å². The summed E-state index contributed by atoms with van der Waals surface area (Å²) in [7, 11) is 0. The first-order chi connectivity index (χ1) is 16.8. The highest BCUT2D eigenvalue weighted by Crippen LogP contribution is 2.46. The molecule has 0 bridgehead atoms. The summed E-state index contributed by atoms with van der Waals surface area (Å²) in [5.74, 6) is -2.35. The monoisotopic (exact) mass is 473 g/mol. The van der Waals surface area contributed by atoms with Crippen molar-refractivity contribution in [2.24, 2.45) is 11.8 Å². The topological polar surface area (TPSA) is 55.2 Å². The number of imidazole rings is 1. The molecule has 1 fully saturated rings. The second-order valence-electron chi connectivity index (χ2n) is 9.14. The Bertz CT molecular complexity index is 1350. The lowest BCUT2D eigenvalue weighted by atomic mass is 9.74. The van der Waals surface area contributed by atoms with Crippen LogP contribution in [0.5, 0.6) is 0 Å². The summed E-state index contributed by atoms with van der Waals surface area (Å²) in [4.78, 5) is 33.4. The molecule has 1 amide bonds. The molecule has 1 aromatic heterocycles. The van der Waals surface area contributed by atoms with Crippen molar-refractivity contribution in [1.29, 1.82) is 0 Å². The first-order valence-electron chi connectivity index (χ1n) is 11.6. The number of benzene rings is 3. The maximum absolute atomic E-state index is 14.3. The molecule has 0 N–H and O–H groups in total. The Labute approximate surface area is 202 Å². The van der Waals surface area contributed by atoms with E-state index in [9.17, 15) is 18.4 Å². The van der Waals surface area contributed by atoms with Crippen LogP contribution < -0.4 is 0 Å². The number of rotatable bonds is 4. The summed E-state index contributed by atoms with van der Waals surface area (Å²) in [6.45, 7) is 3.51. The van der Waals surface area contributed by atoms with Crippen LogP contribution in [0, 0.1) is 23.5 Å². The van der Waals surface area contributed by atoms with E-state index in [1.54, 1.807) is 53.9 Å². The van der Waals surface area contributed by atoms with E-state index >= 15 is 0 Å². The van der Waals surface area contributed by atoms with E-state index in [4.69, 9.17) is 0 Å². The lowest BCUT2D eigenvalue weighted by Crippen LogP contribution is -2.52. The summed E-state index contributed by atoms with van der Waals surface area (Å²) in [5.41, 5.74) is 2.63. The van der Waals surface area contributed by atoms with Crippen LogP contribution in [-0.4, -0.2) is 26.1 Å². The highest BCUT2D eigenvalue weighted by Gasteiger charge is 2.48. The average Bonchev–Trinajstić information content (AvgIpc) is 3.25. The van der Waals surface area contributed by atoms with Gasteiger partial charge in [0.2, 0.25) is 5.91 Å². The number of nitrogens with zero attached hydrogens (tertiary/aromatic N) is 3. The lowest BCUT2D eigenvalue weighted by Gasteiger charge is -2.48. The number of carbonyl (C=O) groups is 2. The molecule has 1 aliphatic rings. The van der Waals surface area contributed by atoms with Gasteiger partial charge in [-0.3, -0.25) is 9.59 Å². The van der Waals surface area contributed by atoms with E-state index in [-0.39, 0.29) is 18.2 Å². The largest absolute Gasteiger partial charge is 0.326 e. The molecule has 0 radical (unpaired) electrons. The van der Waals surface area contributed by atoms with Gasteiger partial charge in [0.15, 0.2) is 0 Å². The number of hydrogen-bond acceptors (Lipinski definition) is 3. The van der Waals surface area contributed by atoms with Gasteiger partial charge in [0, 0.05) is 11.8 Å². The minimum absolute atomic E-state index is 0.0220. The molecular weight excluding hydrogens is 448 g/mol. The van der Waals surface area contributed by atoms with Crippen molar-refractivity contribution < 1.29 is 18.4 Å². The zero-order chi connectivity index (χ0) is 24.7. The minimum atomic E-state index is -0.704. The van der Waals surface area contributed by atoms with E-state index < -0.39 is 35.6 Å². The molecule has 4 atom stereocenters. The quantitative estimate of drug-likeness (QED) is 0.394. The number of Topliss-reactive ketones (excluding diaryl/α,β-unsaturated/α-hetero) is 1. The molecular formula is C28H25F2N3O2. The van der Waals surface area contributed by atoms with E-state index in [0.29, 0.717) is 11.1 Å². The summed E-state index contributed by atoms with van der Waals surface area (Å²) >= 11 is 0. The van der Waals surface area contributed by atoms with Gasteiger partial charge in [-0.1, -0.05) is 50.2 Å². The van der Waals surface area contributed by atoms with Gasteiger partial charge in [-0.05, 0) is 47.5 Å². The van der Waals surface area contributed by atoms with Crippen LogP contribution in [0.1, 0.15) is 37.1 Å². The van der Waals surface area contributed by atoms with Gasteiger partial charge in [-0.2, -0.15) is 0 Å². The number of halogens is 2. The van der Waals surface area contributed by atoms with Crippen molar-refractivity contribution in [2.75, 3.05) is 0 Å². The van der Waals surface area contributed by atoms with Gasteiger partial charge in [0.1, 0.15) is 24.0 Å². The van der Waals surface area contributed by atoms with Crippen LogP contribution in [0.25, 0.3) is 11.0 Å². The molecule has 35 heavy (non-hydrogen) atoms. The van der Waals surface area contributed by atoms with Crippen LogP contribution in [0.3, 0.4) is 0 Å². The highest BCUT2D eigenvalue weighted by atomic mass is 19.1. The highest BCUT2D eigenvalue weighted by molar-refractivity contribution is 5.89. The minimum Gasteiger partial charge on any atom is -0.326 e. The molecule has 178 valence electrons. The Morgan fingerprint density at radius 2 is 1.43 bits per heavy atom. The Hall–Kier alpha value is -3.87. The van der Waals surface area contributed by atoms with Gasteiger partial charge >= 0.3 is 0 Å². The third-order valence-corrected chi connectivity index (χ3v) is 6.95. The van der Waals surface area contributed by atoms with Crippen molar-refractivity contribution in [3.63, 3.8) is 0 Å². The zero-order valence-corrected chi connectivity index (χ0v) is 19.4. The normalized spacial score (nSPS) is 22.5. The number of likely N-dealkylation sites (tertiary alicyclic amines) is 1. The molecule has 5 rings (SSSR count). The van der Waals surface area contributed by atoms with Crippen LogP contribution in [0.2, 0.25) is 0 Å². The molecule has 7 heteroatoms. The number of aromatic nitrogens is 2. The van der Waals surface area contributed by atoms with Gasteiger partial charge in [-0.25, -0.2) is 13.8 Å². The Balaban J connectivity index is 1.64. The fourth-order valence-electron chi connectivity index (χ4n) is 5.33. The maximum Gasteiger partial charge on any atom is 0.243 e. The third-order valence-electron chi connectivity index (χ3n) is 6.95. The lowest BCUT2D eigenvalue weighted by molar-refractivity contribution is -0.151. The second kappa shape index (κ2) is 9.06.